The molecule has 10 rings (SSSR count). The predicted octanol–water partition coefficient (Wildman–Crippen LogP) is 3.77. The Morgan fingerprint density at radius 2 is 1.61 bits per heavy atom. The van der Waals surface area contributed by atoms with E-state index in [2.05, 4.69) is 46.3 Å². The van der Waals surface area contributed by atoms with Crippen LogP contribution in [0, 0.1) is 24.2 Å². The van der Waals surface area contributed by atoms with E-state index < -0.39 is 11.9 Å². The topological polar surface area (TPSA) is 214 Å². The molecule has 3 aromatic carbocycles. The van der Waals surface area contributed by atoms with Crippen LogP contribution >= 0.6 is 0 Å². The van der Waals surface area contributed by atoms with Gasteiger partial charge < -0.3 is 19.3 Å². The average Bonchev–Trinajstić information content (AvgIpc) is 3.41. The molecule has 4 fully saturated rings. The van der Waals surface area contributed by atoms with Crippen molar-refractivity contribution in [3.8, 4) is 34.5 Å². The highest BCUT2D eigenvalue weighted by molar-refractivity contribution is 5.99. The molecule has 72 heavy (non-hydrogen) atoms. The summed E-state index contributed by atoms with van der Waals surface area (Å²) in [5, 5.41) is 21.9. The van der Waals surface area contributed by atoms with Crippen LogP contribution in [-0.4, -0.2) is 140 Å². The number of imide groups is 1. The van der Waals surface area contributed by atoms with Gasteiger partial charge in [-0.05, 0) is 86.6 Å². The molecule has 19 nitrogen and oxygen atoms in total. The second-order valence-electron chi connectivity index (χ2n) is 19.1. The summed E-state index contributed by atoms with van der Waals surface area (Å²) in [6.07, 6.45) is 6.42. The van der Waals surface area contributed by atoms with Crippen LogP contribution in [0.5, 0.6) is 5.75 Å². The van der Waals surface area contributed by atoms with Crippen LogP contribution in [0.3, 0.4) is 0 Å². The van der Waals surface area contributed by atoms with Crippen molar-refractivity contribution in [1.29, 1.82) is 5.26 Å². The van der Waals surface area contributed by atoms with Crippen molar-refractivity contribution in [2.45, 2.75) is 57.7 Å². The first-order chi connectivity index (χ1) is 35.0. The molecule has 3 amide bonds. The number of aromatic nitrogens is 6. The fraction of sp³-hybridized carbons (Fsp3) is 0.396. The van der Waals surface area contributed by atoms with E-state index in [1.54, 1.807) is 36.7 Å². The van der Waals surface area contributed by atoms with Crippen LogP contribution in [0.2, 0.25) is 0 Å². The zero-order valence-corrected chi connectivity index (χ0v) is 40.2. The molecular weight excluding hydrogens is 917 g/mol. The lowest BCUT2D eigenvalue weighted by molar-refractivity contribution is -0.139. The van der Waals surface area contributed by atoms with Gasteiger partial charge in [0.15, 0.2) is 11.6 Å². The largest absolute Gasteiger partial charge is 0.490 e. The summed E-state index contributed by atoms with van der Waals surface area (Å²) < 4.78 is 15.0. The minimum atomic E-state index is -0.803. The van der Waals surface area contributed by atoms with Gasteiger partial charge in [0.05, 0.1) is 73.3 Å². The van der Waals surface area contributed by atoms with E-state index >= 15 is 0 Å². The van der Waals surface area contributed by atoms with Gasteiger partial charge in [-0.25, -0.2) is 19.3 Å². The van der Waals surface area contributed by atoms with Crippen molar-refractivity contribution in [3.05, 3.63) is 129 Å². The lowest BCUT2D eigenvalue weighted by atomic mass is 9.98. The fourth-order valence-corrected chi connectivity index (χ4v) is 10.00. The zero-order valence-electron chi connectivity index (χ0n) is 40.2. The zero-order chi connectivity index (χ0) is 49.7. The van der Waals surface area contributed by atoms with Crippen molar-refractivity contribution in [2.75, 3.05) is 77.1 Å². The molecule has 0 saturated carbocycles. The maximum Gasteiger partial charge on any atom is 0.275 e. The molecule has 4 saturated heterocycles. The Bertz CT molecular complexity index is 3150. The van der Waals surface area contributed by atoms with Gasteiger partial charge in [0.2, 0.25) is 11.8 Å². The van der Waals surface area contributed by atoms with E-state index in [1.165, 1.54) is 15.4 Å². The molecule has 1 unspecified atom stereocenters. The number of hydrogen-bond acceptors (Lipinski definition) is 15. The lowest BCUT2D eigenvalue weighted by Gasteiger charge is -2.40. The lowest BCUT2D eigenvalue weighted by Crippen LogP contribution is -2.52. The summed E-state index contributed by atoms with van der Waals surface area (Å²) in [6.45, 7) is 9.76. The Balaban J connectivity index is 0.628. The van der Waals surface area contributed by atoms with Gasteiger partial charge in [-0.15, -0.1) is 0 Å². The summed E-state index contributed by atoms with van der Waals surface area (Å²) in [7, 11) is 0. The Labute approximate surface area is 415 Å². The highest BCUT2D eigenvalue weighted by Gasteiger charge is 2.32. The summed E-state index contributed by atoms with van der Waals surface area (Å²) in [4.78, 5) is 81.6. The average molecular weight is 973 g/mol. The number of nitrogens with zero attached hydrogens (tertiary/aromatic N) is 11. The number of aryl methyl sites for hydroxylation is 1. The van der Waals surface area contributed by atoms with Gasteiger partial charge in [-0.1, -0.05) is 30.3 Å². The van der Waals surface area contributed by atoms with Gasteiger partial charge >= 0.3 is 0 Å². The molecule has 3 aromatic heterocycles. The van der Waals surface area contributed by atoms with E-state index in [0.29, 0.717) is 72.8 Å². The highest BCUT2D eigenvalue weighted by atomic mass is 16.5. The molecule has 370 valence electrons. The first-order valence-electron chi connectivity index (χ1n) is 24.6. The SMILES string of the molecule is Cc1nn(C2CCC(=O)NC2=O)c(=O)c2ccc(N3CCN(C[C@H]4CCN(CC(=O)N5CCC(COc6cnc(-c7cccc(Cn8nc(-c9cccc(C#N)c9)ccc8=O)c7)nc6)CC5)CO4)CC3)cc12. The maximum absolute atomic E-state index is 13.4. The minimum absolute atomic E-state index is 0.0976. The number of anilines is 1. The maximum atomic E-state index is 13.4. The highest BCUT2D eigenvalue weighted by Crippen LogP contribution is 2.27. The number of hydrogen-bond donors (Lipinski definition) is 1. The standard InChI is InChI=1S/C53H56N12O7/c1-35-45-26-41(8-9-44(45)53(70)65(58-35)47-11-12-48(66)57-52(47)69)62-22-20-60(21-23-62)31-42-16-17-61(34-72-42)32-50(68)63-18-14-36(15-19-63)33-71-43-28-55-51(56-29-43)40-7-3-5-38(25-40)30-64-49(67)13-10-46(59-64)39-6-2-4-37(24-39)27-54/h2-10,13,24-26,28-29,36,42,47H,11-12,14-23,30-34H2,1H3,(H,57,66,69)/t42-,47?/m1/s1. The predicted molar refractivity (Wildman–Crippen MR) is 267 cm³/mol. The van der Waals surface area contributed by atoms with Crippen LogP contribution in [0.25, 0.3) is 33.4 Å². The molecule has 0 spiro atoms. The molecule has 0 aliphatic carbocycles. The number of ether oxygens (including phenoxy) is 2. The van der Waals surface area contributed by atoms with Crippen LogP contribution in [0.4, 0.5) is 5.69 Å². The second-order valence-corrected chi connectivity index (χ2v) is 19.1. The Morgan fingerprint density at radius 3 is 2.38 bits per heavy atom. The number of fused-ring (bicyclic) bond motifs is 1. The third-order valence-electron chi connectivity index (χ3n) is 14.2. The summed E-state index contributed by atoms with van der Waals surface area (Å²) in [5.74, 6) is 0.705. The van der Waals surface area contributed by atoms with E-state index in [4.69, 9.17) is 9.47 Å². The molecular formula is C53H56N12O7. The molecule has 0 bridgehead atoms. The van der Waals surface area contributed by atoms with E-state index in [9.17, 15) is 29.2 Å². The van der Waals surface area contributed by atoms with Gasteiger partial charge in [0, 0.05) is 87.0 Å². The Hall–Kier alpha value is -7.66. The number of likely N-dealkylation sites (tertiary alicyclic amines) is 1. The van der Waals surface area contributed by atoms with Crippen LogP contribution in [0.1, 0.15) is 55.0 Å². The molecule has 4 aliphatic rings. The minimum Gasteiger partial charge on any atom is -0.490 e. The first kappa shape index (κ1) is 48.0. The molecule has 0 radical (unpaired) electrons. The van der Waals surface area contributed by atoms with Gasteiger partial charge in [0.25, 0.3) is 17.0 Å². The number of benzene rings is 3. The van der Waals surface area contributed by atoms with Crippen molar-refractivity contribution in [2.24, 2.45) is 5.92 Å². The Morgan fingerprint density at radius 1 is 0.819 bits per heavy atom. The van der Waals surface area contributed by atoms with Crippen molar-refractivity contribution in [1.82, 2.24) is 49.5 Å². The van der Waals surface area contributed by atoms with E-state index in [-0.39, 0.29) is 48.4 Å². The quantitative estimate of drug-likeness (QED) is 0.163. The number of amides is 3. The van der Waals surface area contributed by atoms with Crippen LogP contribution in [-0.2, 0) is 25.7 Å². The number of nitrogens with one attached hydrogen (secondary N) is 1. The van der Waals surface area contributed by atoms with Crippen molar-refractivity contribution in [3.63, 3.8) is 0 Å². The summed E-state index contributed by atoms with van der Waals surface area (Å²) >= 11 is 0. The van der Waals surface area contributed by atoms with Crippen molar-refractivity contribution < 1.29 is 23.9 Å². The molecule has 7 heterocycles. The van der Waals surface area contributed by atoms with E-state index in [0.717, 1.165) is 86.3 Å². The van der Waals surface area contributed by atoms with Gasteiger partial charge in [-0.2, -0.15) is 15.5 Å². The van der Waals surface area contributed by atoms with Crippen LogP contribution < -0.4 is 26.1 Å². The van der Waals surface area contributed by atoms with Gasteiger partial charge in [0.1, 0.15) is 6.04 Å². The Kier molecular flexibility index (Phi) is 14.2. The number of nitriles is 1. The summed E-state index contributed by atoms with van der Waals surface area (Å²) in [6, 6.07) is 25.1. The first-order valence-corrected chi connectivity index (χ1v) is 24.6. The summed E-state index contributed by atoms with van der Waals surface area (Å²) in [5.41, 5.74) is 4.63. The van der Waals surface area contributed by atoms with Gasteiger partial charge in [-0.3, -0.25) is 39.1 Å². The monoisotopic (exact) mass is 972 g/mol. The number of piperidine rings is 2. The number of carbonyl (C=O) groups is 3. The number of rotatable bonds is 13. The normalized spacial score (nSPS) is 19.3. The van der Waals surface area contributed by atoms with E-state index in [1.807, 2.05) is 60.4 Å². The molecule has 6 aromatic rings. The molecule has 4 aliphatic heterocycles. The second kappa shape index (κ2) is 21.4. The molecule has 2 atom stereocenters. The van der Waals surface area contributed by atoms with Crippen LogP contribution in [0.15, 0.2) is 101 Å². The third-order valence-corrected chi connectivity index (χ3v) is 14.2. The fourth-order valence-electron chi connectivity index (χ4n) is 10.00. The van der Waals surface area contributed by atoms with Crippen molar-refractivity contribution >= 4 is 34.2 Å². The molecule has 1 N–H and O–H groups in total. The molecule has 19 heteroatoms. The third kappa shape index (κ3) is 11.0. The number of piperazine rings is 1. The smallest absolute Gasteiger partial charge is 0.275 e. The number of carbonyl (C=O) groups excluding carboxylic acids is 3.